The van der Waals surface area contributed by atoms with E-state index in [1.807, 2.05) is 30.3 Å². The van der Waals surface area contributed by atoms with Gasteiger partial charge in [-0.25, -0.2) is 0 Å². The van der Waals surface area contributed by atoms with Crippen LogP contribution >= 0.6 is 34.2 Å². The average molecular weight is 540 g/mol. The molecule has 3 aromatic rings. The summed E-state index contributed by atoms with van der Waals surface area (Å²) in [4.78, 5) is 12.5. The molecule has 0 aliphatic heterocycles. The Morgan fingerprint density at radius 2 is 1.84 bits per heavy atom. The second-order valence-corrected chi connectivity index (χ2v) is 7.92. The van der Waals surface area contributed by atoms with Crippen LogP contribution in [0.25, 0.3) is 6.08 Å². The maximum Gasteiger partial charge on any atom is 0.266 e. The lowest BCUT2D eigenvalue weighted by molar-refractivity contribution is -0.112. The SMILES string of the molecule is N#C/C(=C\c1ccc(OCc2ccccc2C#N)c(I)c1)C(=O)Nc1ccccc1Cl. The molecular formula is C24H15ClIN3O2. The van der Waals surface area contributed by atoms with Crippen molar-refractivity contribution in [1.29, 1.82) is 10.5 Å². The lowest BCUT2D eigenvalue weighted by Gasteiger charge is -2.10. The van der Waals surface area contributed by atoms with Crippen molar-refractivity contribution in [2.45, 2.75) is 6.61 Å². The van der Waals surface area contributed by atoms with Crippen LogP contribution in [0.4, 0.5) is 5.69 Å². The van der Waals surface area contributed by atoms with Crippen LogP contribution in [0, 0.1) is 26.2 Å². The van der Waals surface area contributed by atoms with Crippen molar-refractivity contribution < 1.29 is 9.53 Å². The highest BCUT2D eigenvalue weighted by atomic mass is 127. The number of nitrogens with one attached hydrogen (secondary N) is 1. The number of benzene rings is 3. The number of hydrogen-bond donors (Lipinski definition) is 1. The largest absolute Gasteiger partial charge is 0.488 e. The molecule has 0 bridgehead atoms. The number of carbonyl (C=O) groups is 1. The number of hydrogen-bond acceptors (Lipinski definition) is 4. The van der Waals surface area contributed by atoms with Gasteiger partial charge in [0.2, 0.25) is 0 Å². The lowest BCUT2D eigenvalue weighted by atomic mass is 10.1. The van der Waals surface area contributed by atoms with Gasteiger partial charge in [-0.3, -0.25) is 4.79 Å². The first-order chi connectivity index (χ1) is 15.0. The van der Waals surface area contributed by atoms with Crippen LogP contribution in [0.15, 0.2) is 72.3 Å². The van der Waals surface area contributed by atoms with Gasteiger partial charge in [-0.05, 0) is 64.6 Å². The molecule has 5 nitrogen and oxygen atoms in total. The van der Waals surface area contributed by atoms with E-state index in [-0.39, 0.29) is 12.2 Å². The smallest absolute Gasteiger partial charge is 0.266 e. The van der Waals surface area contributed by atoms with Crippen LogP contribution in [-0.2, 0) is 11.4 Å². The summed E-state index contributed by atoms with van der Waals surface area (Å²) in [6.45, 7) is 0.263. The monoisotopic (exact) mass is 539 g/mol. The Bertz CT molecular complexity index is 1240. The maximum atomic E-state index is 12.5. The second kappa shape index (κ2) is 10.6. The number of amides is 1. The molecule has 0 atom stereocenters. The van der Waals surface area contributed by atoms with Crippen LogP contribution in [0.3, 0.4) is 0 Å². The van der Waals surface area contributed by atoms with Crippen molar-refractivity contribution in [2.75, 3.05) is 5.32 Å². The summed E-state index contributed by atoms with van der Waals surface area (Å²) in [5, 5.41) is 21.6. The van der Waals surface area contributed by atoms with E-state index >= 15 is 0 Å². The molecular weight excluding hydrogens is 525 g/mol. The van der Waals surface area contributed by atoms with Crippen LogP contribution in [0.5, 0.6) is 5.75 Å². The van der Waals surface area contributed by atoms with Crippen molar-refractivity contribution in [3.05, 3.63) is 97.6 Å². The molecule has 0 aliphatic rings. The van der Waals surface area contributed by atoms with Gasteiger partial charge in [-0.1, -0.05) is 48.0 Å². The van der Waals surface area contributed by atoms with Crippen LogP contribution < -0.4 is 10.1 Å². The Morgan fingerprint density at radius 1 is 1.10 bits per heavy atom. The zero-order valence-electron chi connectivity index (χ0n) is 16.1. The minimum Gasteiger partial charge on any atom is -0.488 e. The van der Waals surface area contributed by atoms with E-state index in [0.29, 0.717) is 27.6 Å². The number of rotatable bonds is 6. The minimum atomic E-state index is -0.543. The highest BCUT2D eigenvalue weighted by molar-refractivity contribution is 14.1. The van der Waals surface area contributed by atoms with Crippen molar-refractivity contribution >= 4 is 51.9 Å². The Morgan fingerprint density at radius 3 is 2.55 bits per heavy atom. The number of nitriles is 2. The van der Waals surface area contributed by atoms with Gasteiger partial charge in [-0.2, -0.15) is 10.5 Å². The first-order valence-electron chi connectivity index (χ1n) is 9.10. The fourth-order valence-corrected chi connectivity index (χ4v) is 3.58. The molecule has 0 aliphatic carbocycles. The van der Waals surface area contributed by atoms with Crippen LogP contribution in [-0.4, -0.2) is 5.91 Å². The Balaban J connectivity index is 1.74. The number of nitrogens with zero attached hydrogens (tertiary/aromatic N) is 2. The average Bonchev–Trinajstić information content (AvgIpc) is 2.78. The standard InChI is InChI=1S/C24H15ClIN3O2/c25-20-7-3-4-8-22(20)29-24(30)19(14-28)11-16-9-10-23(21(26)12-16)31-15-18-6-2-1-5-17(18)13-27/h1-12H,15H2,(H,29,30)/b19-11+. The predicted octanol–water partition coefficient (Wildman–Crippen LogP) is 5.94. The maximum absolute atomic E-state index is 12.5. The van der Waals surface area contributed by atoms with Gasteiger partial charge in [0.1, 0.15) is 24.0 Å². The van der Waals surface area contributed by atoms with Gasteiger partial charge >= 0.3 is 0 Å². The van der Waals surface area contributed by atoms with E-state index in [1.54, 1.807) is 42.5 Å². The second-order valence-electron chi connectivity index (χ2n) is 6.35. The third-order valence-corrected chi connectivity index (χ3v) is 5.45. The highest BCUT2D eigenvalue weighted by Gasteiger charge is 2.12. The quantitative estimate of drug-likeness (QED) is 0.239. The van der Waals surface area contributed by atoms with E-state index in [1.165, 1.54) is 6.08 Å². The molecule has 0 unspecified atom stereocenters. The van der Waals surface area contributed by atoms with Crippen molar-refractivity contribution in [3.63, 3.8) is 0 Å². The fourth-order valence-electron chi connectivity index (χ4n) is 2.70. The van der Waals surface area contributed by atoms with Crippen molar-refractivity contribution in [2.24, 2.45) is 0 Å². The first kappa shape index (κ1) is 22.4. The molecule has 31 heavy (non-hydrogen) atoms. The molecule has 3 aromatic carbocycles. The van der Waals surface area contributed by atoms with Gasteiger partial charge < -0.3 is 10.1 Å². The minimum absolute atomic E-state index is 0.0488. The Hall–Kier alpha value is -3.33. The first-order valence-corrected chi connectivity index (χ1v) is 10.6. The van der Waals surface area contributed by atoms with E-state index in [0.717, 1.165) is 9.13 Å². The lowest BCUT2D eigenvalue weighted by Crippen LogP contribution is -2.13. The molecule has 3 rings (SSSR count). The highest BCUT2D eigenvalue weighted by Crippen LogP contribution is 2.25. The summed E-state index contributed by atoms with van der Waals surface area (Å²) in [5.74, 6) is 0.101. The molecule has 152 valence electrons. The normalized spacial score (nSPS) is 10.6. The molecule has 0 radical (unpaired) electrons. The summed E-state index contributed by atoms with van der Waals surface area (Å²) in [7, 11) is 0. The summed E-state index contributed by atoms with van der Waals surface area (Å²) in [6, 6.07) is 23.5. The van der Waals surface area contributed by atoms with Gasteiger partial charge in [0, 0.05) is 5.56 Å². The predicted molar refractivity (Wildman–Crippen MR) is 128 cm³/mol. The third-order valence-electron chi connectivity index (χ3n) is 4.28. The van der Waals surface area contributed by atoms with Gasteiger partial charge in [0.25, 0.3) is 5.91 Å². The molecule has 0 heterocycles. The number of carbonyl (C=O) groups excluding carboxylic acids is 1. The molecule has 1 amide bonds. The van der Waals surface area contributed by atoms with Gasteiger partial charge in [0.15, 0.2) is 0 Å². The molecule has 0 aromatic heterocycles. The van der Waals surface area contributed by atoms with Crippen LogP contribution in [0.1, 0.15) is 16.7 Å². The van der Waals surface area contributed by atoms with E-state index in [9.17, 15) is 15.3 Å². The van der Waals surface area contributed by atoms with Gasteiger partial charge in [-0.15, -0.1) is 0 Å². The molecule has 0 spiro atoms. The van der Waals surface area contributed by atoms with Crippen molar-refractivity contribution in [1.82, 2.24) is 0 Å². The number of anilines is 1. The number of halogens is 2. The van der Waals surface area contributed by atoms with Crippen molar-refractivity contribution in [3.8, 4) is 17.9 Å². The molecule has 0 saturated heterocycles. The summed E-state index contributed by atoms with van der Waals surface area (Å²) in [6.07, 6.45) is 1.50. The number of para-hydroxylation sites is 1. The fraction of sp³-hybridized carbons (Fsp3) is 0.0417. The molecule has 7 heteroatoms. The molecule has 0 fully saturated rings. The Kier molecular flexibility index (Phi) is 7.66. The van der Waals surface area contributed by atoms with Crippen LogP contribution in [0.2, 0.25) is 5.02 Å². The summed E-state index contributed by atoms with van der Waals surface area (Å²) < 4.78 is 6.66. The molecule has 1 N–H and O–H groups in total. The molecule has 0 saturated carbocycles. The van der Waals surface area contributed by atoms with Gasteiger partial charge in [0.05, 0.1) is 25.9 Å². The third kappa shape index (κ3) is 5.85. The summed E-state index contributed by atoms with van der Waals surface area (Å²) >= 11 is 8.18. The Labute approximate surface area is 198 Å². The zero-order chi connectivity index (χ0) is 22.2. The summed E-state index contributed by atoms with van der Waals surface area (Å²) in [5.41, 5.74) is 2.44. The van der Waals surface area contributed by atoms with E-state index in [2.05, 4.69) is 34.0 Å². The topological polar surface area (TPSA) is 85.9 Å². The number of ether oxygens (including phenoxy) is 1. The van der Waals surface area contributed by atoms with E-state index in [4.69, 9.17) is 16.3 Å². The zero-order valence-corrected chi connectivity index (χ0v) is 19.0. The van der Waals surface area contributed by atoms with E-state index < -0.39 is 5.91 Å².